The highest BCUT2D eigenvalue weighted by molar-refractivity contribution is 5.43. The van der Waals surface area contributed by atoms with Crippen LogP contribution >= 0.6 is 0 Å². The average Bonchev–Trinajstić information content (AvgIpc) is 3.29. The maximum Gasteiger partial charge on any atom is 0.161 e. The summed E-state index contributed by atoms with van der Waals surface area (Å²) in [6.07, 6.45) is 5.38. The van der Waals surface area contributed by atoms with Crippen molar-refractivity contribution in [2.45, 2.75) is 18.7 Å². The molecule has 1 fully saturated rings. The van der Waals surface area contributed by atoms with Crippen LogP contribution in [0.5, 0.6) is 17.2 Å². The van der Waals surface area contributed by atoms with Gasteiger partial charge in [-0.2, -0.15) is 0 Å². The summed E-state index contributed by atoms with van der Waals surface area (Å²) in [5.74, 6) is 1.50. The zero-order valence-electron chi connectivity index (χ0n) is 19.2. The second kappa shape index (κ2) is 11.3. The third-order valence-electron chi connectivity index (χ3n) is 5.56. The van der Waals surface area contributed by atoms with Crippen LogP contribution in [-0.2, 0) is 17.8 Å². The van der Waals surface area contributed by atoms with Crippen LogP contribution in [0.25, 0.3) is 0 Å². The number of β-amino-alcohol motifs (C(OH)–C–C–N with tert-alkyl or cyclic N) is 1. The fraction of sp³-hybridized carbons (Fsp3) is 0.400. The summed E-state index contributed by atoms with van der Waals surface area (Å²) in [5, 5.41) is 11.1. The lowest BCUT2D eigenvalue weighted by atomic mass is 10.1. The van der Waals surface area contributed by atoms with Crippen LogP contribution in [0.3, 0.4) is 0 Å². The predicted molar refractivity (Wildman–Crippen MR) is 124 cm³/mol. The predicted octanol–water partition coefficient (Wildman–Crippen LogP) is 2.75. The van der Waals surface area contributed by atoms with Gasteiger partial charge in [0, 0.05) is 32.0 Å². The monoisotopic (exact) mass is 471 g/mol. The van der Waals surface area contributed by atoms with Gasteiger partial charge in [-0.1, -0.05) is 6.07 Å². The minimum Gasteiger partial charge on any atom is -0.493 e. The quantitative estimate of drug-likeness (QED) is 0.487. The average molecular weight is 472 g/mol. The lowest BCUT2D eigenvalue weighted by molar-refractivity contribution is -0.0646. The molecule has 1 N–H and O–H groups in total. The molecule has 0 saturated carbocycles. The number of methoxy groups -OCH3 is 1. The molecule has 1 aliphatic rings. The summed E-state index contributed by atoms with van der Waals surface area (Å²) >= 11 is 0. The number of imidazole rings is 1. The Balaban J connectivity index is 1.34. The molecule has 3 aromatic rings. The van der Waals surface area contributed by atoms with Crippen molar-refractivity contribution in [3.63, 3.8) is 0 Å². The summed E-state index contributed by atoms with van der Waals surface area (Å²) in [5.41, 5.74) is -0.159. The molecule has 34 heavy (non-hydrogen) atoms. The number of hydrogen-bond donors (Lipinski definition) is 1. The molecule has 9 heteroatoms. The SMILES string of the molecule is COc1cc(CN2CCOCC(O)(COc3ccc(F)cc3)C2)ccc1OCCn1ccnc1. The first kappa shape index (κ1) is 24.0. The van der Waals surface area contributed by atoms with Crippen molar-refractivity contribution < 1.29 is 28.4 Å². The van der Waals surface area contributed by atoms with Crippen molar-refractivity contribution >= 4 is 0 Å². The van der Waals surface area contributed by atoms with Gasteiger partial charge in [-0.15, -0.1) is 0 Å². The molecule has 8 nitrogen and oxygen atoms in total. The van der Waals surface area contributed by atoms with Crippen molar-refractivity contribution in [1.82, 2.24) is 14.5 Å². The van der Waals surface area contributed by atoms with Gasteiger partial charge in [-0.25, -0.2) is 9.37 Å². The maximum absolute atomic E-state index is 13.1. The van der Waals surface area contributed by atoms with E-state index in [1.54, 1.807) is 31.8 Å². The summed E-state index contributed by atoms with van der Waals surface area (Å²) < 4.78 is 37.8. The number of halogens is 1. The van der Waals surface area contributed by atoms with Crippen LogP contribution in [-0.4, -0.2) is 71.8 Å². The third kappa shape index (κ3) is 6.69. The van der Waals surface area contributed by atoms with Crippen molar-refractivity contribution in [2.24, 2.45) is 0 Å². The summed E-state index contributed by atoms with van der Waals surface area (Å²) in [4.78, 5) is 6.15. The molecular formula is C25H30FN3O5. The topological polar surface area (TPSA) is 78.2 Å². The van der Waals surface area contributed by atoms with E-state index in [2.05, 4.69) is 9.88 Å². The molecule has 1 aromatic heterocycles. The number of nitrogens with zero attached hydrogens (tertiary/aromatic N) is 3. The van der Waals surface area contributed by atoms with Gasteiger partial charge in [0.2, 0.25) is 0 Å². The van der Waals surface area contributed by atoms with E-state index < -0.39 is 5.60 Å². The molecule has 2 aromatic carbocycles. The molecule has 1 saturated heterocycles. The zero-order valence-corrected chi connectivity index (χ0v) is 19.2. The minimum absolute atomic E-state index is 0.0438. The van der Waals surface area contributed by atoms with Crippen molar-refractivity contribution in [2.75, 3.05) is 46.6 Å². The van der Waals surface area contributed by atoms with Gasteiger partial charge >= 0.3 is 0 Å². The lowest BCUT2D eigenvalue weighted by Gasteiger charge is -2.30. The number of hydrogen-bond acceptors (Lipinski definition) is 7. The van der Waals surface area contributed by atoms with Gasteiger partial charge in [0.05, 0.1) is 33.2 Å². The molecule has 182 valence electrons. The first-order chi connectivity index (χ1) is 16.5. The van der Waals surface area contributed by atoms with Gasteiger partial charge in [-0.3, -0.25) is 4.90 Å². The van der Waals surface area contributed by atoms with Gasteiger partial charge in [0.25, 0.3) is 0 Å². The van der Waals surface area contributed by atoms with Crippen LogP contribution in [0.2, 0.25) is 0 Å². The van der Waals surface area contributed by atoms with Crippen LogP contribution in [0.4, 0.5) is 4.39 Å². The Kier molecular flexibility index (Phi) is 7.99. The highest BCUT2D eigenvalue weighted by Crippen LogP contribution is 2.29. The Morgan fingerprint density at radius 3 is 2.76 bits per heavy atom. The highest BCUT2D eigenvalue weighted by Gasteiger charge is 2.33. The van der Waals surface area contributed by atoms with E-state index in [1.807, 2.05) is 29.0 Å². The van der Waals surface area contributed by atoms with Crippen LogP contribution in [0, 0.1) is 5.82 Å². The van der Waals surface area contributed by atoms with Crippen molar-refractivity contribution in [3.8, 4) is 17.2 Å². The lowest BCUT2D eigenvalue weighted by Crippen LogP contribution is -2.48. The molecule has 0 aliphatic carbocycles. The van der Waals surface area contributed by atoms with Crippen LogP contribution < -0.4 is 14.2 Å². The number of benzene rings is 2. The fourth-order valence-electron chi connectivity index (χ4n) is 3.84. The number of aromatic nitrogens is 2. The Labute approximate surface area is 198 Å². The van der Waals surface area contributed by atoms with Gasteiger partial charge in [-0.05, 0) is 42.0 Å². The van der Waals surface area contributed by atoms with E-state index in [4.69, 9.17) is 18.9 Å². The second-order valence-corrected chi connectivity index (χ2v) is 8.36. The van der Waals surface area contributed by atoms with E-state index in [1.165, 1.54) is 12.1 Å². The maximum atomic E-state index is 13.1. The normalized spacial score (nSPS) is 18.9. The smallest absolute Gasteiger partial charge is 0.161 e. The minimum atomic E-state index is -1.19. The zero-order chi connectivity index (χ0) is 23.8. The van der Waals surface area contributed by atoms with E-state index in [-0.39, 0.29) is 19.0 Å². The first-order valence-corrected chi connectivity index (χ1v) is 11.2. The van der Waals surface area contributed by atoms with Gasteiger partial charge in [0.1, 0.15) is 30.4 Å². The van der Waals surface area contributed by atoms with E-state index in [0.717, 1.165) is 5.56 Å². The largest absolute Gasteiger partial charge is 0.493 e. The molecule has 2 heterocycles. The first-order valence-electron chi connectivity index (χ1n) is 11.2. The van der Waals surface area contributed by atoms with Crippen LogP contribution in [0.15, 0.2) is 61.2 Å². The highest BCUT2D eigenvalue weighted by atomic mass is 19.1. The van der Waals surface area contributed by atoms with Crippen molar-refractivity contribution in [1.29, 1.82) is 0 Å². The summed E-state index contributed by atoms with van der Waals surface area (Å²) in [6, 6.07) is 11.6. The molecule has 0 spiro atoms. The molecule has 4 rings (SSSR count). The number of ether oxygens (including phenoxy) is 4. The molecule has 0 bridgehead atoms. The van der Waals surface area contributed by atoms with Gasteiger partial charge < -0.3 is 28.6 Å². The Bertz CT molecular complexity index is 1030. The molecular weight excluding hydrogens is 441 g/mol. The summed E-state index contributed by atoms with van der Waals surface area (Å²) in [6.45, 7) is 3.55. The Morgan fingerprint density at radius 2 is 2.00 bits per heavy atom. The standard InChI is InChI=1S/C25H30FN3O5/c1-31-24-14-20(2-7-23(24)33-13-11-28-9-8-27-19-28)15-29-10-12-32-17-25(30,16-29)18-34-22-5-3-21(26)4-6-22/h2-9,14,19,30H,10-13,15-18H2,1H3. The third-order valence-corrected chi connectivity index (χ3v) is 5.56. The number of rotatable bonds is 10. The Morgan fingerprint density at radius 1 is 1.15 bits per heavy atom. The van der Waals surface area contributed by atoms with E-state index in [9.17, 15) is 9.50 Å². The van der Waals surface area contributed by atoms with Crippen molar-refractivity contribution in [3.05, 3.63) is 72.6 Å². The molecule has 1 atom stereocenters. The molecule has 0 amide bonds. The molecule has 0 radical (unpaired) electrons. The fourth-order valence-corrected chi connectivity index (χ4v) is 3.84. The van der Waals surface area contributed by atoms with E-state index >= 15 is 0 Å². The van der Waals surface area contributed by atoms with Gasteiger partial charge in [0.15, 0.2) is 11.5 Å². The number of aliphatic hydroxyl groups is 1. The second-order valence-electron chi connectivity index (χ2n) is 8.36. The molecule has 1 aliphatic heterocycles. The Hall–Kier alpha value is -3.14. The van der Waals surface area contributed by atoms with E-state index in [0.29, 0.717) is 56.6 Å². The summed E-state index contributed by atoms with van der Waals surface area (Å²) in [7, 11) is 1.62. The molecule has 1 unspecified atom stereocenters. The van der Waals surface area contributed by atoms with Crippen LogP contribution in [0.1, 0.15) is 5.56 Å².